The Hall–Kier alpha value is -2.13. The predicted molar refractivity (Wildman–Crippen MR) is 103 cm³/mol. The number of aliphatic carboxylic acids is 1. The van der Waals surface area contributed by atoms with Crippen LogP contribution in [0.1, 0.15) is 43.9 Å². The van der Waals surface area contributed by atoms with E-state index in [0.29, 0.717) is 6.42 Å². The molecule has 0 amide bonds. The second-order valence-electron chi connectivity index (χ2n) is 6.36. The van der Waals surface area contributed by atoms with E-state index in [9.17, 15) is 9.90 Å². The Bertz CT molecular complexity index is 679. The molecule has 25 heavy (non-hydrogen) atoms. The van der Waals surface area contributed by atoms with Crippen LogP contribution in [0.25, 0.3) is 0 Å². The van der Waals surface area contributed by atoms with E-state index in [4.69, 9.17) is 0 Å². The van der Waals surface area contributed by atoms with Crippen molar-refractivity contribution in [1.82, 2.24) is 4.90 Å². The molecule has 0 saturated heterocycles. The Morgan fingerprint density at radius 2 is 1.56 bits per heavy atom. The second-order valence-corrected chi connectivity index (χ2v) is 6.36. The molecule has 1 unspecified atom stereocenters. The van der Waals surface area contributed by atoms with E-state index < -0.39 is 11.4 Å². The molecule has 134 valence electrons. The van der Waals surface area contributed by atoms with Crippen LogP contribution in [-0.2, 0) is 16.6 Å². The molecule has 3 heteroatoms. The highest BCUT2D eigenvalue weighted by Gasteiger charge is 2.43. The maximum Gasteiger partial charge on any atom is 0.318 e. The average Bonchev–Trinajstić information content (AvgIpc) is 2.66. The van der Waals surface area contributed by atoms with E-state index in [-0.39, 0.29) is 0 Å². The zero-order valence-corrected chi connectivity index (χ0v) is 15.5. The molecule has 0 aliphatic rings. The van der Waals surface area contributed by atoms with Crippen molar-refractivity contribution in [2.24, 2.45) is 0 Å². The lowest BCUT2D eigenvalue weighted by atomic mass is 9.70. The smallest absolute Gasteiger partial charge is 0.318 e. The summed E-state index contributed by atoms with van der Waals surface area (Å²) >= 11 is 0. The van der Waals surface area contributed by atoms with E-state index in [1.165, 1.54) is 0 Å². The van der Waals surface area contributed by atoms with Gasteiger partial charge in [-0.3, -0.25) is 4.79 Å². The Labute approximate surface area is 151 Å². The highest BCUT2D eigenvalue weighted by atomic mass is 16.4. The maximum atomic E-state index is 12.7. The molecule has 1 atom stereocenters. The zero-order chi connectivity index (χ0) is 18.3. The SMILES string of the molecule is CCc1ccccc1C(CCN(CC)CC)(C(=O)O)c1ccccc1. The van der Waals surface area contributed by atoms with Gasteiger partial charge in [-0.15, -0.1) is 0 Å². The van der Waals surface area contributed by atoms with Crippen molar-refractivity contribution < 1.29 is 9.90 Å². The van der Waals surface area contributed by atoms with Crippen LogP contribution in [0, 0.1) is 0 Å². The fraction of sp³-hybridized carbons (Fsp3) is 0.409. The highest BCUT2D eigenvalue weighted by molar-refractivity contribution is 5.86. The second kappa shape index (κ2) is 8.82. The molecule has 0 bridgehead atoms. The average molecular weight is 339 g/mol. The predicted octanol–water partition coefficient (Wildman–Crippen LogP) is 4.35. The number of hydrogen-bond acceptors (Lipinski definition) is 2. The minimum atomic E-state index is -1.02. The molecular formula is C22H29NO2. The number of aryl methyl sites for hydroxylation is 1. The summed E-state index contributed by atoms with van der Waals surface area (Å²) in [5.41, 5.74) is 1.86. The van der Waals surface area contributed by atoms with Crippen LogP contribution in [0.3, 0.4) is 0 Å². The topological polar surface area (TPSA) is 40.5 Å². The summed E-state index contributed by atoms with van der Waals surface area (Å²) in [7, 11) is 0. The number of carbonyl (C=O) groups is 1. The first-order chi connectivity index (χ1) is 12.1. The number of carboxylic acids is 1. The fourth-order valence-electron chi connectivity index (χ4n) is 3.61. The third-order valence-electron chi connectivity index (χ3n) is 5.19. The van der Waals surface area contributed by atoms with Crippen LogP contribution < -0.4 is 0 Å². The molecule has 0 radical (unpaired) electrons. The Morgan fingerprint density at radius 1 is 0.960 bits per heavy atom. The summed E-state index contributed by atoms with van der Waals surface area (Å²) in [6.07, 6.45) is 1.38. The number of carboxylic acid groups (broad SMARTS) is 1. The Morgan fingerprint density at radius 3 is 2.12 bits per heavy atom. The van der Waals surface area contributed by atoms with Gasteiger partial charge in [0, 0.05) is 0 Å². The molecule has 1 N–H and O–H groups in total. The van der Waals surface area contributed by atoms with Gasteiger partial charge in [0.1, 0.15) is 5.41 Å². The van der Waals surface area contributed by atoms with Crippen LogP contribution in [-0.4, -0.2) is 35.6 Å². The van der Waals surface area contributed by atoms with Gasteiger partial charge in [0.05, 0.1) is 0 Å². The first-order valence-corrected chi connectivity index (χ1v) is 9.19. The van der Waals surface area contributed by atoms with Crippen molar-refractivity contribution in [3.05, 3.63) is 71.3 Å². The summed E-state index contributed by atoms with van der Waals surface area (Å²) in [4.78, 5) is 14.9. The summed E-state index contributed by atoms with van der Waals surface area (Å²) in [6, 6.07) is 17.7. The van der Waals surface area contributed by atoms with E-state index in [0.717, 1.165) is 42.7 Å². The van der Waals surface area contributed by atoms with Gasteiger partial charge in [-0.05, 0) is 49.2 Å². The Balaban J connectivity index is 2.62. The lowest BCUT2D eigenvalue weighted by molar-refractivity contribution is -0.142. The van der Waals surface area contributed by atoms with Crippen molar-refractivity contribution in [2.75, 3.05) is 19.6 Å². The number of nitrogens with zero attached hydrogens (tertiary/aromatic N) is 1. The van der Waals surface area contributed by atoms with E-state index in [2.05, 4.69) is 25.7 Å². The summed E-state index contributed by atoms with van der Waals surface area (Å²) in [6.45, 7) is 8.93. The van der Waals surface area contributed by atoms with Crippen molar-refractivity contribution in [2.45, 2.75) is 39.0 Å². The minimum absolute atomic E-state index is 0.561. The van der Waals surface area contributed by atoms with Crippen molar-refractivity contribution >= 4 is 5.97 Å². The molecule has 0 aromatic heterocycles. The van der Waals surface area contributed by atoms with Crippen molar-refractivity contribution in [1.29, 1.82) is 0 Å². The Kier molecular flexibility index (Phi) is 6.77. The van der Waals surface area contributed by atoms with Gasteiger partial charge in [-0.25, -0.2) is 0 Å². The van der Waals surface area contributed by atoms with Gasteiger partial charge >= 0.3 is 5.97 Å². The van der Waals surface area contributed by atoms with Crippen LogP contribution in [0.2, 0.25) is 0 Å². The van der Waals surface area contributed by atoms with Crippen LogP contribution in [0.15, 0.2) is 54.6 Å². The molecule has 2 aromatic carbocycles. The van der Waals surface area contributed by atoms with Crippen molar-refractivity contribution in [3.8, 4) is 0 Å². The van der Waals surface area contributed by atoms with E-state index in [1.54, 1.807) is 0 Å². The fourth-order valence-corrected chi connectivity index (χ4v) is 3.61. The third-order valence-corrected chi connectivity index (χ3v) is 5.19. The standard InChI is InChI=1S/C22H29NO2/c1-4-18-12-10-11-15-20(18)22(21(24)25,16-17-23(5-2)6-3)19-13-8-7-9-14-19/h7-15H,4-6,16-17H2,1-3H3,(H,24,25). The molecule has 0 spiro atoms. The molecule has 2 rings (SSSR count). The number of benzene rings is 2. The van der Waals surface area contributed by atoms with Crippen LogP contribution >= 0.6 is 0 Å². The zero-order valence-electron chi connectivity index (χ0n) is 15.5. The normalized spacial score (nSPS) is 13.6. The quantitative estimate of drug-likeness (QED) is 0.738. The number of rotatable bonds is 9. The van der Waals surface area contributed by atoms with Gasteiger partial charge in [0.2, 0.25) is 0 Å². The van der Waals surface area contributed by atoms with Gasteiger partial charge in [0.15, 0.2) is 0 Å². The first kappa shape index (κ1) is 19.2. The summed E-state index contributed by atoms with van der Waals surface area (Å²) in [5, 5.41) is 10.4. The first-order valence-electron chi connectivity index (χ1n) is 9.19. The van der Waals surface area contributed by atoms with E-state index in [1.807, 2.05) is 54.6 Å². The minimum Gasteiger partial charge on any atom is -0.480 e. The van der Waals surface area contributed by atoms with Crippen LogP contribution in [0.5, 0.6) is 0 Å². The third kappa shape index (κ3) is 3.93. The largest absolute Gasteiger partial charge is 0.480 e. The molecule has 0 aliphatic carbocycles. The van der Waals surface area contributed by atoms with E-state index >= 15 is 0 Å². The molecule has 3 nitrogen and oxygen atoms in total. The lowest BCUT2D eigenvalue weighted by Gasteiger charge is -2.34. The maximum absolute atomic E-state index is 12.7. The van der Waals surface area contributed by atoms with Crippen molar-refractivity contribution in [3.63, 3.8) is 0 Å². The highest BCUT2D eigenvalue weighted by Crippen LogP contribution is 2.38. The molecule has 2 aromatic rings. The van der Waals surface area contributed by atoms with Gasteiger partial charge in [-0.2, -0.15) is 0 Å². The molecule has 0 saturated carbocycles. The molecule has 0 aliphatic heterocycles. The molecule has 0 fully saturated rings. The molecule has 0 heterocycles. The van der Waals surface area contributed by atoms with Crippen LogP contribution in [0.4, 0.5) is 0 Å². The van der Waals surface area contributed by atoms with Gasteiger partial charge in [-0.1, -0.05) is 75.4 Å². The summed E-state index contributed by atoms with van der Waals surface area (Å²) in [5.74, 6) is -0.772. The number of hydrogen-bond donors (Lipinski definition) is 1. The van der Waals surface area contributed by atoms with Gasteiger partial charge < -0.3 is 10.0 Å². The monoisotopic (exact) mass is 339 g/mol. The molecular weight excluding hydrogens is 310 g/mol. The lowest BCUT2D eigenvalue weighted by Crippen LogP contribution is -2.41. The summed E-state index contributed by atoms with van der Waals surface area (Å²) < 4.78 is 0. The van der Waals surface area contributed by atoms with Gasteiger partial charge in [0.25, 0.3) is 0 Å².